The zero-order valence-corrected chi connectivity index (χ0v) is 29.0. The molecular formula is C36H40ClN3O7Si. The third-order valence-electron chi connectivity index (χ3n) is 10.6. The number of carbonyl (C=O) groups is 3. The first-order valence-electron chi connectivity index (χ1n) is 16.4. The van der Waals surface area contributed by atoms with Gasteiger partial charge >= 0.3 is 6.09 Å². The normalized spacial score (nSPS) is 26.7. The molecular weight excluding hydrogens is 650 g/mol. The standard InChI is InChI=1S/C36H40ClN3O7Si/c1-22-33(48(2,3)45)31(18-32(42)39-20-25-7-5-4-6-24(25)16-28(39)21-41)47-36(22)29-17-26(37)10-13-30(29)40(34(36)43)19-23-8-11-27(12-9-23)38-14-15-46-35(38)44/h4-13,17,22,28,31,33,41,45H,14-16,18-21H2,1-3H3/t22-,28-,31+,33-,36+/m0/s1. The monoisotopic (exact) mass is 689 g/mol. The van der Waals surface area contributed by atoms with Crippen LogP contribution in [0.3, 0.4) is 0 Å². The van der Waals surface area contributed by atoms with E-state index in [4.69, 9.17) is 21.1 Å². The summed E-state index contributed by atoms with van der Waals surface area (Å²) >= 11 is 6.55. The quantitative estimate of drug-likeness (QED) is 0.336. The van der Waals surface area contributed by atoms with E-state index < -0.39 is 31.5 Å². The summed E-state index contributed by atoms with van der Waals surface area (Å²) in [7, 11) is -3.02. The van der Waals surface area contributed by atoms with Crippen molar-refractivity contribution in [1.82, 2.24) is 4.90 Å². The Morgan fingerprint density at radius 3 is 2.46 bits per heavy atom. The number of hydrogen-bond acceptors (Lipinski definition) is 7. The van der Waals surface area contributed by atoms with Gasteiger partial charge in [-0.15, -0.1) is 0 Å². The minimum Gasteiger partial charge on any atom is -0.447 e. The Bertz CT molecular complexity index is 1760. The Morgan fingerprint density at radius 2 is 1.79 bits per heavy atom. The van der Waals surface area contributed by atoms with Crippen LogP contribution in [0.25, 0.3) is 0 Å². The molecule has 4 heterocycles. The largest absolute Gasteiger partial charge is 0.447 e. The van der Waals surface area contributed by atoms with Crippen molar-refractivity contribution in [1.29, 1.82) is 0 Å². The number of aliphatic hydroxyl groups is 1. The maximum atomic E-state index is 14.8. The molecule has 12 heteroatoms. The minimum absolute atomic E-state index is 0.0318. The fraction of sp³-hybridized carbons (Fsp3) is 0.417. The highest BCUT2D eigenvalue weighted by molar-refractivity contribution is 6.71. The van der Waals surface area contributed by atoms with Gasteiger partial charge in [0.15, 0.2) is 13.9 Å². The number of amides is 3. The predicted octanol–water partition coefficient (Wildman–Crippen LogP) is 4.98. The summed E-state index contributed by atoms with van der Waals surface area (Å²) in [5.74, 6) is -0.912. The van der Waals surface area contributed by atoms with Gasteiger partial charge in [0.2, 0.25) is 5.91 Å². The number of benzene rings is 3. The summed E-state index contributed by atoms with van der Waals surface area (Å²) in [4.78, 5) is 57.5. The molecule has 2 fully saturated rings. The average Bonchev–Trinajstić information content (AvgIpc) is 3.69. The Labute approximate surface area is 285 Å². The molecule has 10 nitrogen and oxygen atoms in total. The molecule has 3 amide bonds. The number of carbonyl (C=O) groups excluding carboxylic acids is 3. The maximum Gasteiger partial charge on any atom is 0.414 e. The van der Waals surface area contributed by atoms with E-state index in [0.717, 1.165) is 22.4 Å². The van der Waals surface area contributed by atoms with Crippen molar-refractivity contribution in [3.63, 3.8) is 0 Å². The smallest absolute Gasteiger partial charge is 0.414 e. The molecule has 0 unspecified atom stereocenters. The van der Waals surface area contributed by atoms with Crippen LogP contribution in [-0.4, -0.2) is 72.9 Å². The van der Waals surface area contributed by atoms with Crippen molar-refractivity contribution >= 4 is 49.2 Å². The number of hydrogen-bond donors (Lipinski definition) is 2. The molecule has 2 N–H and O–H groups in total. The Balaban J connectivity index is 1.20. The number of halogens is 1. The molecule has 252 valence electrons. The highest BCUT2D eigenvalue weighted by Gasteiger charge is 2.66. The number of cyclic esters (lactones) is 1. The second kappa shape index (κ2) is 12.3. The second-order valence-electron chi connectivity index (χ2n) is 13.9. The number of anilines is 2. The Hall–Kier alpha value is -3.74. The molecule has 1 spiro atoms. The number of fused-ring (bicyclic) bond motifs is 3. The third-order valence-corrected chi connectivity index (χ3v) is 13.3. The van der Waals surface area contributed by atoms with Crippen LogP contribution >= 0.6 is 11.6 Å². The van der Waals surface area contributed by atoms with Gasteiger partial charge in [-0.25, -0.2) is 4.79 Å². The summed E-state index contributed by atoms with van der Waals surface area (Å²) in [6.07, 6.45) is -0.592. The van der Waals surface area contributed by atoms with Crippen molar-refractivity contribution in [2.75, 3.05) is 29.6 Å². The second-order valence-corrected chi connectivity index (χ2v) is 18.3. The van der Waals surface area contributed by atoms with Crippen molar-refractivity contribution in [2.24, 2.45) is 5.92 Å². The molecule has 2 saturated heterocycles. The van der Waals surface area contributed by atoms with Gasteiger partial charge < -0.3 is 29.2 Å². The van der Waals surface area contributed by atoms with Crippen LogP contribution in [0.2, 0.25) is 23.7 Å². The van der Waals surface area contributed by atoms with Crippen LogP contribution in [0, 0.1) is 5.92 Å². The van der Waals surface area contributed by atoms with Gasteiger partial charge in [-0.3, -0.25) is 14.5 Å². The average molecular weight is 690 g/mol. The van der Waals surface area contributed by atoms with Crippen molar-refractivity contribution < 1.29 is 33.8 Å². The SMILES string of the molecule is C[C@H]1[C@H]([Si](C)(C)O)[C@@H](CC(=O)N2Cc3ccccc3C[C@H]2CO)O[C@]12C(=O)N(Cc1ccc(N3CCOC3=O)cc1)c1ccc(Cl)cc12. The Morgan fingerprint density at radius 1 is 1.06 bits per heavy atom. The fourth-order valence-corrected chi connectivity index (χ4v) is 11.1. The summed E-state index contributed by atoms with van der Waals surface area (Å²) in [5.41, 5.74) is 3.13. The van der Waals surface area contributed by atoms with Gasteiger partial charge in [-0.1, -0.05) is 54.9 Å². The van der Waals surface area contributed by atoms with E-state index in [1.54, 1.807) is 26.8 Å². The van der Waals surface area contributed by atoms with E-state index >= 15 is 0 Å². The van der Waals surface area contributed by atoms with Gasteiger partial charge in [-0.05, 0) is 66.5 Å². The van der Waals surface area contributed by atoms with Gasteiger partial charge in [0.05, 0.1) is 44.0 Å². The van der Waals surface area contributed by atoms with E-state index in [9.17, 15) is 24.3 Å². The molecule has 4 aliphatic heterocycles. The van der Waals surface area contributed by atoms with Crippen LogP contribution < -0.4 is 9.80 Å². The molecule has 5 atom stereocenters. The molecule has 0 aromatic heterocycles. The van der Waals surface area contributed by atoms with E-state index in [1.165, 1.54) is 0 Å². The van der Waals surface area contributed by atoms with Gasteiger partial charge in [-0.2, -0.15) is 0 Å². The first-order valence-corrected chi connectivity index (χ1v) is 19.8. The summed E-state index contributed by atoms with van der Waals surface area (Å²) < 4.78 is 11.9. The maximum absolute atomic E-state index is 14.8. The van der Waals surface area contributed by atoms with Crippen molar-refractivity contribution in [2.45, 2.75) is 69.2 Å². The molecule has 0 saturated carbocycles. The zero-order chi connectivity index (χ0) is 34.0. The van der Waals surface area contributed by atoms with E-state index in [0.29, 0.717) is 42.4 Å². The first-order chi connectivity index (χ1) is 22.9. The molecule has 48 heavy (non-hydrogen) atoms. The van der Waals surface area contributed by atoms with Crippen molar-refractivity contribution in [3.8, 4) is 0 Å². The van der Waals surface area contributed by atoms with Crippen LogP contribution in [0.5, 0.6) is 0 Å². The van der Waals surface area contributed by atoms with E-state index in [-0.39, 0.29) is 43.5 Å². The first kappa shape index (κ1) is 32.8. The van der Waals surface area contributed by atoms with Gasteiger partial charge in [0.25, 0.3) is 5.91 Å². The van der Waals surface area contributed by atoms with Gasteiger partial charge in [0, 0.05) is 34.3 Å². The minimum atomic E-state index is -3.02. The molecule has 0 radical (unpaired) electrons. The fourth-order valence-electron chi connectivity index (χ4n) is 8.33. The lowest BCUT2D eigenvalue weighted by molar-refractivity contribution is -0.151. The lowest BCUT2D eigenvalue weighted by Crippen LogP contribution is -2.48. The molecule has 7 rings (SSSR count). The van der Waals surface area contributed by atoms with Crippen LogP contribution in [0.1, 0.15) is 35.6 Å². The van der Waals surface area contributed by atoms with E-state index in [1.807, 2.05) is 74.6 Å². The zero-order valence-electron chi connectivity index (χ0n) is 27.3. The number of nitrogens with zero attached hydrogens (tertiary/aromatic N) is 3. The molecule has 0 aliphatic carbocycles. The topological polar surface area (TPSA) is 120 Å². The lowest BCUT2D eigenvalue weighted by atomic mass is 9.82. The van der Waals surface area contributed by atoms with Gasteiger partial charge in [0.1, 0.15) is 6.61 Å². The lowest BCUT2D eigenvalue weighted by Gasteiger charge is -2.37. The van der Waals surface area contributed by atoms with Crippen LogP contribution in [0.4, 0.5) is 16.2 Å². The molecule has 3 aromatic carbocycles. The Kier molecular flexibility index (Phi) is 8.40. The summed E-state index contributed by atoms with van der Waals surface area (Å²) in [6.45, 7) is 6.87. The highest BCUT2D eigenvalue weighted by Crippen LogP contribution is 2.60. The van der Waals surface area contributed by atoms with Crippen molar-refractivity contribution in [3.05, 3.63) is 94.0 Å². The number of rotatable bonds is 7. The number of ether oxygens (including phenoxy) is 2. The predicted molar refractivity (Wildman–Crippen MR) is 183 cm³/mol. The molecule has 0 bridgehead atoms. The molecule has 3 aromatic rings. The third kappa shape index (κ3) is 5.41. The van der Waals surface area contributed by atoms with Crippen LogP contribution in [0.15, 0.2) is 66.7 Å². The summed E-state index contributed by atoms with van der Waals surface area (Å²) in [6, 6.07) is 20.3. The summed E-state index contributed by atoms with van der Waals surface area (Å²) in [5, 5.41) is 10.7. The van der Waals surface area contributed by atoms with E-state index in [2.05, 4.69) is 0 Å². The number of aliphatic hydroxyl groups excluding tert-OH is 1. The highest BCUT2D eigenvalue weighted by atomic mass is 35.5. The van der Waals surface area contributed by atoms with Crippen LogP contribution in [-0.2, 0) is 44.2 Å². The molecule has 4 aliphatic rings.